The van der Waals surface area contributed by atoms with Crippen molar-refractivity contribution in [3.63, 3.8) is 0 Å². The Hall–Kier alpha value is -1.80. The van der Waals surface area contributed by atoms with Gasteiger partial charge in [0.05, 0.1) is 0 Å². The first-order chi connectivity index (χ1) is 10.1. The van der Waals surface area contributed by atoms with E-state index in [4.69, 9.17) is 5.73 Å². The third-order valence-corrected chi connectivity index (χ3v) is 3.57. The van der Waals surface area contributed by atoms with Gasteiger partial charge < -0.3 is 10.6 Å². The third kappa shape index (κ3) is 5.24. The summed E-state index contributed by atoms with van der Waals surface area (Å²) in [4.78, 5) is 2.38. The highest BCUT2D eigenvalue weighted by Crippen LogP contribution is 2.18. The van der Waals surface area contributed by atoms with Gasteiger partial charge in [-0.3, -0.25) is 0 Å². The standard InChI is InChI=1S/C19H26N2/c1-16(2)13-18(20)15-21(19-11-7-4-8-12-19)14-17-9-5-3-6-10-17/h3-12,16,18H,13-15,20H2,1-2H3/t18-/m0/s1. The third-order valence-electron chi connectivity index (χ3n) is 3.57. The lowest BCUT2D eigenvalue weighted by Gasteiger charge is -2.28. The predicted molar refractivity (Wildman–Crippen MR) is 91.4 cm³/mol. The first-order valence-corrected chi connectivity index (χ1v) is 7.74. The minimum atomic E-state index is 0.203. The van der Waals surface area contributed by atoms with E-state index in [1.54, 1.807) is 0 Å². The molecule has 0 aliphatic heterocycles. The van der Waals surface area contributed by atoms with Gasteiger partial charge in [0.25, 0.3) is 0 Å². The Morgan fingerprint density at radius 3 is 2.05 bits per heavy atom. The molecule has 2 nitrogen and oxygen atoms in total. The molecule has 2 rings (SSSR count). The highest BCUT2D eigenvalue weighted by molar-refractivity contribution is 5.46. The van der Waals surface area contributed by atoms with Crippen molar-refractivity contribution in [1.29, 1.82) is 0 Å². The minimum Gasteiger partial charge on any atom is -0.366 e. The van der Waals surface area contributed by atoms with Gasteiger partial charge >= 0.3 is 0 Å². The molecule has 2 aromatic carbocycles. The molecule has 0 bridgehead atoms. The van der Waals surface area contributed by atoms with Crippen molar-refractivity contribution < 1.29 is 0 Å². The summed E-state index contributed by atoms with van der Waals surface area (Å²) in [6.45, 7) is 6.24. The van der Waals surface area contributed by atoms with Crippen molar-refractivity contribution in [1.82, 2.24) is 0 Å². The largest absolute Gasteiger partial charge is 0.366 e. The topological polar surface area (TPSA) is 29.3 Å². The van der Waals surface area contributed by atoms with Crippen LogP contribution in [0.15, 0.2) is 60.7 Å². The fourth-order valence-corrected chi connectivity index (χ4v) is 2.67. The maximum Gasteiger partial charge on any atom is 0.0430 e. The number of rotatable bonds is 7. The highest BCUT2D eigenvalue weighted by Gasteiger charge is 2.13. The summed E-state index contributed by atoms with van der Waals surface area (Å²) in [6, 6.07) is 21.3. The Bertz CT molecular complexity index is 508. The Labute approximate surface area is 128 Å². The lowest BCUT2D eigenvalue weighted by atomic mass is 10.0. The minimum absolute atomic E-state index is 0.203. The Morgan fingerprint density at radius 1 is 0.905 bits per heavy atom. The Kier molecular flexibility index (Phi) is 5.82. The summed E-state index contributed by atoms with van der Waals surface area (Å²) in [5, 5.41) is 0. The van der Waals surface area contributed by atoms with Gasteiger partial charge in [-0.25, -0.2) is 0 Å². The van der Waals surface area contributed by atoms with Crippen LogP contribution < -0.4 is 10.6 Å². The van der Waals surface area contributed by atoms with Crippen molar-refractivity contribution in [3.05, 3.63) is 66.2 Å². The number of hydrogen-bond acceptors (Lipinski definition) is 2. The van der Waals surface area contributed by atoms with Gasteiger partial charge in [-0.1, -0.05) is 62.4 Å². The Morgan fingerprint density at radius 2 is 1.48 bits per heavy atom. The number of benzene rings is 2. The molecule has 0 aliphatic rings. The molecule has 0 heterocycles. The molecule has 2 N–H and O–H groups in total. The van der Waals surface area contributed by atoms with E-state index in [0.29, 0.717) is 5.92 Å². The molecule has 0 spiro atoms. The van der Waals surface area contributed by atoms with E-state index >= 15 is 0 Å². The summed E-state index contributed by atoms with van der Waals surface area (Å²) in [5.41, 5.74) is 8.88. The van der Waals surface area contributed by atoms with E-state index in [9.17, 15) is 0 Å². The van der Waals surface area contributed by atoms with Crippen LogP contribution in [-0.4, -0.2) is 12.6 Å². The molecule has 112 valence electrons. The van der Waals surface area contributed by atoms with Gasteiger partial charge in [-0.05, 0) is 30.0 Å². The molecule has 21 heavy (non-hydrogen) atoms. The predicted octanol–water partition coefficient (Wildman–Crippen LogP) is 4.07. The fraction of sp³-hybridized carbons (Fsp3) is 0.368. The summed E-state index contributed by atoms with van der Waals surface area (Å²) < 4.78 is 0. The first-order valence-electron chi connectivity index (χ1n) is 7.74. The SMILES string of the molecule is CC(C)C[C@H](N)CN(Cc1ccccc1)c1ccccc1. The quantitative estimate of drug-likeness (QED) is 0.829. The zero-order valence-corrected chi connectivity index (χ0v) is 13.1. The van der Waals surface area contributed by atoms with E-state index in [1.165, 1.54) is 11.3 Å². The van der Waals surface area contributed by atoms with Crippen LogP contribution in [0, 0.1) is 5.92 Å². The molecule has 0 amide bonds. The van der Waals surface area contributed by atoms with E-state index in [2.05, 4.69) is 79.4 Å². The maximum absolute atomic E-state index is 6.32. The van der Waals surface area contributed by atoms with Crippen LogP contribution in [0.4, 0.5) is 5.69 Å². The van der Waals surface area contributed by atoms with Gasteiger partial charge in [0.15, 0.2) is 0 Å². The average molecular weight is 282 g/mol. The van der Waals surface area contributed by atoms with Crippen LogP contribution in [0.3, 0.4) is 0 Å². The van der Waals surface area contributed by atoms with Gasteiger partial charge in [0, 0.05) is 24.8 Å². The Balaban J connectivity index is 2.11. The fourth-order valence-electron chi connectivity index (χ4n) is 2.67. The van der Waals surface area contributed by atoms with Crippen molar-refractivity contribution in [3.8, 4) is 0 Å². The van der Waals surface area contributed by atoms with Crippen LogP contribution >= 0.6 is 0 Å². The van der Waals surface area contributed by atoms with Crippen LogP contribution in [0.2, 0.25) is 0 Å². The smallest absolute Gasteiger partial charge is 0.0430 e. The zero-order chi connectivity index (χ0) is 15.1. The van der Waals surface area contributed by atoms with Crippen LogP contribution in [0.5, 0.6) is 0 Å². The highest BCUT2D eigenvalue weighted by atomic mass is 15.1. The second-order valence-electron chi connectivity index (χ2n) is 6.09. The lowest BCUT2D eigenvalue weighted by molar-refractivity contribution is 0.488. The normalized spacial score (nSPS) is 12.4. The number of nitrogens with two attached hydrogens (primary N) is 1. The summed E-state index contributed by atoms with van der Waals surface area (Å²) in [5.74, 6) is 0.634. The summed E-state index contributed by atoms with van der Waals surface area (Å²) in [7, 11) is 0. The van der Waals surface area contributed by atoms with E-state index in [0.717, 1.165) is 19.5 Å². The molecule has 2 heteroatoms. The van der Waals surface area contributed by atoms with Crippen molar-refractivity contribution in [2.75, 3.05) is 11.4 Å². The second kappa shape index (κ2) is 7.84. The molecule has 0 saturated heterocycles. The van der Waals surface area contributed by atoms with Crippen molar-refractivity contribution in [2.45, 2.75) is 32.9 Å². The maximum atomic E-state index is 6.32. The van der Waals surface area contributed by atoms with Crippen LogP contribution in [0.1, 0.15) is 25.8 Å². The van der Waals surface area contributed by atoms with Crippen molar-refractivity contribution in [2.24, 2.45) is 11.7 Å². The van der Waals surface area contributed by atoms with Gasteiger partial charge in [0.1, 0.15) is 0 Å². The average Bonchev–Trinajstić information content (AvgIpc) is 2.48. The molecular weight excluding hydrogens is 256 g/mol. The molecule has 0 aromatic heterocycles. The first kappa shape index (κ1) is 15.6. The monoisotopic (exact) mass is 282 g/mol. The molecule has 0 aliphatic carbocycles. The molecular formula is C19H26N2. The number of hydrogen-bond donors (Lipinski definition) is 1. The molecule has 0 unspecified atom stereocenters. The number of anilines is 1. The van der Waals surface area contributed by atoms with Gasteiger partial charge in [-0.15, -0.1) is 0 Å². The molecule has 1 atom stereocenters. The van der Waals surface area contributed by atoms with Crippen LogP contribution in [-0.2, 0) is 6.54 Å². The summed E-state index contributed by atoms with van der Waals surface area (Å²) >= 11 is 0. The molecule has 2 aromatic rings. The van der Waals surface area contributed by atoms with Crippen molar-refractivity contribution >= 4 is 5.69 Å². The molecule has 0 saturated carbocycles. The van der Waals surface area contributed by atoms with E-state index in [1.807, 2.05) is 0 Å². The molecule has 0 radical (unpaired) electrons. The van der Waals surface area contributed by atoms with E-state index in [-0.39, 0.29) is 6.04 Å². The summed E-state index contributed by atoms with van der Waals surface area (Å²) in [6.07, 6.45) is 1.05. The number of para-hydroxylation sites is 1. The molecule has 0 fully saturated rings. The second-order valence-corrected chi connectivity index (χ2v) is 6.09. The van der Waals surface area contributed by atoms with E-state index < -0.39 is 0 Å². The lowest BCUT2D eigenvalue weighted by Crippen LogP contribution is -2.38. The van der Waals surface area contributed by atoms with Gasteiger partial charge in [0.2, 0.25) is 0 Å². The number of nitrogens with zero attached hydrogens (tertiary/aromatic N) is 1. The zero-order valence-electron chi connectivity index (χ0n) is 13.1. The van der Waals surface area contributed by atoms with Crippen LogP contribution in [0.25, 0.3) is 0 Å². The van der Waals surface area contributed by atoms with Gasteiger partial charge in [-0.2, -0.15) is 0 Å².